The Bertz CT molecular complexity index is 938. The Hall–Kier alpha value is -2.74. The van der Waals surface area contributed by atoms with E-state index in [1.165, 1.54) is 12.1 Å². The van der Waals surface area contributed by atoms with Crippen molar-refractivity contribution in [3.63, 3.8) is 0 Å². The first-order chi connectivity index (χ1) is 13.2. The Labute approximate surface area is 165 Å². The molecule has 2 aromatic rings. The van der Waals surface area contributed by atoms with Gasteiger partial charge in [-0.25, -0.2) is 4.99 Å². The average molecular weight is 405 g/mol. The highest BCUT2D eigenvalue weighted by molar-refractivity contribution is 7.80. The molecular formula is C20H18F3N3OS. The van der Waals surface area contributed by atoms with Crippen molar-refractivity contribution in [1.29, 1.82) is 0 Å². The van der Waals surface area contributed by atoms with E-state index in [9.17, 15) is 18.0 Å². The second-order valence-corrected chi connectivity index (χ2v) is 6.97. The third-order valence-corrected chi connectivity index (χ3v) is 4.83. The number of rotatable bonds is 3. The number of anilines is 1. The van der Waals surface area contributed by atoms with Gasteiger partial charge in [0.1, 0.15) is 5.92 Å². The van der Waals surface area contributed by atoms with Gasteiger partial charge in [0.25, 0.3) is 0 Å². The molecular weight excluding hydrogens is 387 g/mol. The van der Waals surface area contributed by atoms with Crippen molar-refractivity contribution < 1.29 is 18.0 Å². The quantitative estimate of drug-likeness (QED) is 0.731. The fourth-order valence-electron chi connectivity index (χ4n) is 3.14. The van der Waals surface area contributed by atoms with Gasteiger partial charge in [0.15, 0.2) is 5.11 Å². The van der Waals surface area contributed by atoms with Gasteiger partial charge in [0.05, 0.1) is 11.6 Å². The molecule has 2 aromatic carbocycles. The number of aryl methyl sites for hydroxylation is 1. The van der Waals surface area contributed by atoms with Crippen LogP contribution in [0.4, 0.5) is 18.9 Å². The molecule has 0 aliphatic carbocycles. The number of hydrogen-bond donors (Lipinski definition) is 2. The van der Waals surface area contributed by atoms with Gasteiger partial charge >= 0.3 is 6.18 Å². The molecule has 2 N–H and O–H groups in total. The number of nitrogens with one attached hydrogen (secondary N) is 2. The standard InChI is InChI=1S/C20H18F3N3OS/c1-11-5-3-4-6-15(11)25-18(27)16-12(2)24-19(28)26-17(16)13-7-9-14(10-8-13)20(21,22)23/h3-10,16-17H,1-2H3,(H,25,27)(H,26,28). The minimum Gasteiger partial charge on any atom is -0.353 e. The van der Waals surface area contributed by atoms with E-state index in [-0.39, 0.29) is 11.0 Å². The molecule has 2 unspecified atom stereocenters. The molecule has 0 spiro atoms. The van der Waals surface area contributed by atoms with E-state index in [1.54, 1.807) is 13.0 Å². The van der Waals surface area contributed by atoms with Crippen molar-refractivity contribution in [3.8, 4) is 0 Å². The number of hydrogen-bond acceptors (Lipinski definition) is 2. The molecule has 8 heteroatoms. The van der Waals surface area contributed by atoms with E-state index < -0.39 is 23.7 Å². The van der Waals surface area contributed by atoms with Gasteiger partial charge in [-0.3, -0.25) is 4.79 Å². The minimum atomic E-state index is -4.42. The first kappa shape index (κ1) is 20.0. The van der Waals surface area contributed by atoms with Crippen LogP contribution in [0.3, 0.4) is 0 Å². The summed E-state index contributed by atoms with van der Waals surface area (Å²) in [5.74, 6) is -1.03. The molecule has 2 atom stereocenters. The number of thiocarbonyl (C=S) groups is 1. The number of amides is 1. The van der Waals surface area contributed by atoms with Crippen LogP contribution in [0.5, 0.6) is 0 Å². The lowest BCUT2D eigenvalue weighted by Gasteiger charge is -2.32. The van der Waals surface area contributed by atoms with Crippen LogP contribution in [-0.2, 0) is 11.0 Å². The number of benzene rings is 2. The van der Waals surface area contributed by atoms with Crippen LogP contribution in [0.1, 0.15) is 29.7 Å². The average Bonchev–Trinajstić information content (AvgIpc) is 2.62. The zero-order chi connectivity index (χ0) is 20.5. The Morgan fingerprint density at radius 3 is 2.36 bits per heavy atom. The van der Waals surface area contributed by atoms with Gasteiger partial charge in [0, 0.05) is 11.4 Å². The fraction of sp³-hybridized carbons (Fsp3) is 0.250. The van der Waals surface area contributed by atoms with Gasteiger partial charge in [-0.05, 0) is 55.4 Å². The topological polar surface area (TPSA) is 53.5 Å². The van der Waals surface area contributed by atoms with E-state index in [1.807, 2.05) is 25.1 Å². The smallest absolute Gasteiger partial charge is 0.353 e. The van der Waals surface area contributed by atoms with Crippen LogP contribution >= 0.6 is 12.2 Å². The third kappa shape index (κ3) is 4.22. The number of carbonyl (C=O) groups is 1. The first-order valence-electron chi connectivity index (χ1n) is 8.56. The number of alkyl halides is 3. The van der Waals surface area contributed by atoms with E-state index in [0.29, 0.717) is 17.0 Å². The molecule has 0 radical (unpaired) electrons. The number of halogens is 3. The molecule has 1 heterocycles. The first-order valence-corrected chi connectivity index (χ1v) is 8.97. The van der Waals surface area contributed by atoms with Gasteiger partial charge in [-0.2, -0.15) is 13.2 Å². The second kappa shape index (κ2) is 7.71. The van der Waals surface area contributed by atoms with E-state index in [4.69, 9.17) is 12.2 Å². The van der Waals surface area contributed by atoms with E-state index >= 15 is 0 Å². The summed E-state index contributed by atoms with van der Waals surface area (Å²) in [5.41, 5.74) is 1.84. The van der Waals surface area contributed by atoms with Crippen molar-refractivity contribution >= 4 is 34.6 Å². The summed E-state index contributed by atoms with van der Waals surface area (Å²) in [4.78, 5) is 17.2. The summed E-state index contributed by atoms with van der Waals surface area (Å²) in [6, 6.07) is 11.4. The molecule has 0 saturated heterocycles. The molecule has 0 bridgehead atoms. The highest BCUT2D eigenvalue weighted by atomic mass is 32.1. The van der Waals surface area contributed by atoms with Crippen molar-refractivity contribution in [1.82, 2.24) is 5.32 Å². The Morgan fingerprint density at radius 1 is 1.11 bits per heavy atom. The summed E-state index contributed by atoms with van der Waals surface area (Å²) in [7, 11) is 0. The highest BCUT2D eigenvalue weighted by Crippen LogP contribution is 2.33. The van der Waals surface area contributed by atoms with Crippen molar-refractivity contribution in [2.45, 2.75) is 26.1 Å². The highest BCUT2D eigenvalue weighted by Gasteiger charge is 2.37. The molecule has 0 saturated carbocycles. The SMILES string of the molecule is CC1=NC(=S)NC(c2ccc(C(F)(F)F)cc2)C1C(=O)Nc1ccccc1C. The van der Waals surface area contributed by atoms with Crippen LogP contribution in [0.25, 0.3) is 0 Å². The lowest BCUT2D eigenvalue weighted by atomic mass is 9.87. The largest absolute Gasteiger partial charge is 0.416 e. The summed E-state index contributed by atoms with van der Waals surface area (Å²) in [6.07, 6.45) is -4.42. The number of para-hydroxylation sites is 1. The van der Waals surface area contributed by atoms with E-state index in [2.05, 4.69) is 15.6 Å². The van der Waals surface area contributed by atoms with Crippen LogP contribution in [0, 0.1) is 12.8 Å². The zero-order valence-corrected chi connectivity index (χ0v) is 16.0. The maximum Gasteiger partial charge on any atom is 0.416 e. The number of nitrogens with zero attached hydrogens (tertiary/aromatic N) is 1. The van der Waals surface area contributed by atoms with Crippen molar-refractivity contribution in [2.75, 3.05) is 5.32 Å². The van der Waals surface area contributed by atoms with Crippen LogP contribution < -0.4 is 10.6 Å². The molecule has 28 heavy (non-hydrogen) atoms. The zero-order valence-electron chi connectivity index (χ0n) is 15.2. The Balaban J connectivity index is 1.92. The Kier molecular flexibility index (Phi) is 5.51. The van der Waals surface area contributed by atoms with Crippen LogP contribution in [0.2, 0.25) is 0 Å². The molecule has 4 nitrogen and oxygen atoms in total. The molecule has 1 aliphatic heterocycles. The van der Waals surface area contributed by atoms with E-state index in [0.717, 1.165) is 17.7 Å². The van der Waals surface area contributed by atoms with Crippen LogP contribution in [-0.4, -0.2) is 16.7 Å². The number of aliphatic imine (C=N–C) groups is 1. The summed E-state index contributed by atoms with van der Waals surface area (Å²) in [5, 5.41) is 6.03. The molecule has 146 valence electrons. The van der Waals surface area contributed by atoms with Crippen molar-refractivity contribution in [2.24, 2.45) is 10.9 Å². The maximum atomic E-state index is 13.0. The minimum absolute atomic E-state index is 0.197. The Morgan fingerprint density at radius 2 is 1.75 bits per heavy atom. The van der Waals surface area contributed by atoms with Gasteiger partial charge in [-0.15, -0.1) is 0 Å². The molecule has 1 aliphatic rings. The third-order valence-electron chi connectivity index (χ3n) is 4.62. The number of carbonyl (C=O) groups excluding carboxylic acids is 1. The van der Waals surface area contributed by atoms with Crippen molar-refractivity contribution in [3.05, 3.63) is 65.2 Å². The molecule has 1 amide bonds. The fourth-order valence-corrected chi connectivity index (χ4v) is 3.41. The molecule has 0 aromatic heterocycles. The summed E-state index contributed by atoms with van der Waals surface area (Å²) < 4.78 is 38.6. The van der Waals surface area contributed by atoms with Gasteiger partial charge in [0.2, 0.25) is 5.91 Å². The molecule has 0 fully saturated rings. The van der Waals surface area contributed by atoms with Crippen LogP contribution in [0.15, 0.2) is 53.5 Å². The van der Waals surface area contributed by atoms with Gasteiger partial charge in [-0.1, -0.05) is 30.3 Å². The maximum absolute atomic E-state index is 13.0. The predicted octanol–water partition coefficient (Wildman–Crippen LogP) is 4.66. The lowest BCUT2D eigenvalue weighted by molar-refractivity contribution is -0.137. The second-order valence-electron chi connectivity index (χ2n) is 6.58. The summed E-state index contributed by atoms with van der Waals surface area (Å²) in [6.45, 7) is 3.56. The molecule has 3 rings (SSSR count). The predicted molar refractivity (Wildman–Crippen MR) is 106 cm³/mol. The lowest BCUT2D eigenvalue weighted by Crippen LogP contribution is -2.45. The summed E-state index contributed by atoms with van der Waals surface area (Å²) >= 11 is 5.12. The normalized spacial score (nSPS) is 19.6. The van der Waals surface area contributed by atoms with Gasteiger partial charge < -0.3 is 10.6 Å². The monoisotopic (exact) mass is 405 g/mol.